The van der Waals surface area contributed by atoms with Crippen LogP contribution < -0.4 is 10.5 Å². The summed E-state index contributed by atoms with van der Waals surface area (Å²) in [6.07, 6.45) is 2.80. The van der Waals surface area contributed by atoms with E-state index in [2.05, 4.69) is 37.3 Å². The predicted octanol–water partition coefficient (Wildman–Crippen LogP) is 3.37. The fraction of sp³-hybridized carbons (Fsp3) is 0.333. The largest absolute Gasteiger partial charge is 0.496 e. The number of para-hydroxylation sites is 1. The number of aryl methyl sites for hydroxylation is 1. The van der Waals surface area contributed by atoms with E-state index in [9.17, 15) is 0 Å². The molecule has 2 aromatic rings. The van der Waals surface area contributed by atoms with Gasteiger partial charge in [-0.25, -0.2) is 0 Å². The first-order valence-electron chi connectivity index (χ1n) is 7.18. The maximum absolute atomic E-state index is 6.28. The third-order valence-corrected chi connectivity index (χ3v) is 3.60. The summed E-state index contributed by atoms with van der Waals surface area (Å²) in [5.41, 5.74) is 10.1. The highest BCUT2D eigenvalue weighted by molar-refractivity contribution is 5.34. The molecule has 106 valence electrons. The molecule has 0 saturated carbocycles. The molecule has 0 saturated heterocycles. The van der Waals surface area contributed by atoms with Crippen LogP contribution in [0.15, 0.2) is 48.5 Å². The third kappa shape index (κ3) is 3.84. The standard InChI is InChI=1S/C18H23NO/c1-3-14-8-10-15(11-9-14)12-17(19)13-16-6-4-5-7-18(16)20-2/h4-11,17H,3,12-13,19H2,1-2H3. The molecule has 0 amide bonds. The van der Waals surface area contributed by atoms with E-state index in [4.69, 9.17) is 10.5 Å². The van der Waals surface area contributed by atoms with E-state index >= 15 is 0 Å². The van der Waals surface area contributed by atoms with Crippen molar-refractivity contribution in [1.29, 1.82) is 0 Å². The summed E-state index contributed by atoms with van der Waals surface area (Å²) in [7, 11) is 1.70. The van der Waals surface area contributed by atoms with Crippen molar-refractivity contribution in [1.82, 2.24) is 0 Å². The van der Waals surface area contributed by atoms with Crippen LogP contribution in [0.5, 0.6) is 5.75 Å². The van der Waals surface area contributed by atoms with Gasteiger partial charge in [-0.3, -0.25) is 0 Å². The third-order valence-electron chi connectivity index (χ3n) is 3.60. The first kappa shape index (κ1) is 14.6. The van der Waals surface area contributed by atoms with Crippen LogP contribution in [0.4, 0.5) is 0 Å². The summed E-state index contributed by atoms with van der Waals surface area (Å²) >= 11 is 0. The second-order valence-electron chi connectivity index (χ2n) is 5.15. The average Bonchev–Trinajstić information content (AvgIpc) is 2.48. The molecule has 2 N–H and O–H groups in total. The summed E-state index contributed by atoms with van der Waals surface area (Å²) in [6, 6.07) is 16.9. The van der Waals surface area contributed by atoms with Crippen molar-refractivity contribution in [3.8, 4) is 5.75 Å². The minimum Gasteiger partial charge on any atom is -0.496 e. The first-order chi connectivity index (χ1) is 9.72. The normalized spacial score (nSPS) is 12.2. The van der Waals surface area contributed by atoms with Crippen LogP contribution in [-0.4, -0.2) is 13.2 Å². The number of ether oxygens (including phenoxy) is 1. The van der Waals surface area contributed by atoms with Crippen molar-refractivity contribution in [3.63, 3.8) is 0 Å². The van der Waals surface area contributed by atoms with E-state index in [0.29, 0.717) is 0 Å². The summed E-state index contributed by atoms with van der Waals surface area (Å²) in [5, 5.41) is 0. The number of rotatable bonds is 6. The Kier molecular flexibility index (Phi) is 5.19. The molecular formula is C18H23NO. The van der Waals surface area contributed by atoms with E-state index in [1.165, 1.54) is 16.7 Å². The topological polar surface area (TPSA) is 35.2 Å². The Morgan fingerprint density at radius 2 is 1.60 bits per heavy atom. The highest BCUT2D eigenvalue weighted by Gasteiger charge is 2.09. The summed E-state index contributed by atoms with van der Waals surface area (Å²) in [6.45, 7) is 2.17. The molecule has 0 aliphatic carbocycles. The van der Waals surface area contributed by atoms with Gasteiger partial charge in [-0.15, -0.1) is 0 Å². The summed E-state index contributed by atoms with van der Waals surface area (Å²) in [5.74, 6) is 0.921. The Hall–Kier alpha value is -1.80. The number of hydrogen-bond acceptors (Lipinski definition) is 2. The highest BCUT2D eigenvalue weighted by Crippen LogP contribution is 2.19. The molecule has 2 aromatic carbocycles. The molecule has 1 unspecified atom stereocenters. The number of methoxy groups -OCH3 is 1. The van der Waals surface area contributed by atoms with Gasteiger partial charge in [0.2, 0.25) is 0 Å². The van der Waals surface area contributed by atoms with Crippen LogP contribution in [0, 0.1) is 0 Å². The molecule has 2 rings (SSSR count). The molecular weight excluding hydrogens is 246 g/mol. The lowest BCUT2D eigenvalue weighted by Crippen LogP contribution is -2.25. The van der Waals surface area contributed by atoms with E-state index in [1.807, 2.05) is 18.2 Å². The van der Waals surface area contributed by atoms with E-state index in [0.717, 1.165) is 25.0 Å². The monoisotopic (exact) mass is 269 g/mol. The molecule has 2 nitrogen and oxygen atoms in total. The Morgan fingerprint density at radius 1 is 0.950 bits per heavy atom. The minimum atomic E-state index is 0.110. The molecule has 0 spiro atoms. The number of benzene rings is 2. The van der Waals surface area contributed by atoms with Crippen LogP contribution in [-0.2, 0) is 19.3 Å². The molecule has 0 aliphatic rings. The molecule has 0 fully saturated rings. The second-order valence-corrected chi connectivity index (χ2v) is 5.15. The van der Waals surface area contributed by atoms with Gasteiger partial charge in [0.1, 0.15) is 5.75 Å². The van der Waals surface area contributed by atoms with Gasteiger partial charge in [0.25, 0.3) is 0 Å². The molecule has 2 heteroatoms. The Balaban J connectivity index is 1.99. The smallest absolute Gasteiger partial charge is 0.122 e. The van der Waals surface area contributed by atoms with Gasteiger partial charge in [-0.1, -0.05) is 49.4 Å². The van der Waals surface area contributed by atoms with Gasteiger partial charge in [0.15, 0.2) is 0 Å². The number of nitrogens with two attached hydrogens (primary N) is 1. The van der Waals surface area contributed by atoms with Crippen molar-refractivity contribution >= 4 is 0 Å². The van der Waals surface area contributed by atoms with Gasteiger partial charge in [-0.05, 0) is 42.0 Å². The molecule has 0 bridgehead atoms. The SMILES string of the molecule is CCc1ccc(CC(N)Cc2ccccc2OC)cc1. The molecule has 0 aromatic heterocycles. The van der Waals surface area contributed by atoms with Crippen LogP contribution in [0.2, 0.25) is 0 Å². The molecule has 1 atom stereocenters. The predicted molar refractivity (Wildman–Crippen MR) is 84.2 cm³/mol. The Labute approximate surface area is 121 Å². The first-order valence-corrected chi connectivity index (χ1v) is 7.18. The maximum atomic E-state index is 6.28. The minimum absolute atomic E-state index is 0.110. The van der Waals surface area contributed by atoms with Gasteiger partial charge in [-0.2, -0.15) is 0 Å². The van der Waals surface area contributed by atoms with Gasteiger partial charge >= 0.3 is 0 Å². The van der Waals surface area contributed by atoms with Crippen molar-refractivity contribution in [2.75, 3.05) is 7.11 Å². The lowest BCUT2D eigenvalue weighted by Gasteiger charge is -2.14. The Morgan fingerprint density at radius 3 is 2.25 bits per heavy atom. The van der Waals surface area contributed by atoms with Crippen LogP contribution in [0.25, 0.3) is 0 Å². The molecule has 0 aliphatic heterocycles. The second kappa shape index (κ2) is 7.11. The Bertz CT molecular complexity index is 533. The van der Waals surface area contributed by atoms with E-state index < -0.39 is 0 Å². The molecule has 0 radical (unpaired) electrons. The summed E-state index contributed by atoms with van der Waals surface area (Å²) < 4.78 is 5.37. The maximum Gasteiger partial charge on any atom is 0.122 e. The zero-order valence-electron chi connectivity index (χ0n) is 12.3. The van der Waals surface area contributed by atoms with E-state index in [-0.39, 0.29) is 6.04 Å². The van der Waals surface area contributed by atoms with Gasteiger partial charge in [0, 0.05) is 6.04 Å². The van der Waals surface area contributed by atoms with Crippen molar-refractivity contribution in [2.45, 2.75) is 32.2 Å². The molecule has 20 heavy (non-hydrogen) atoms. The summed E-state index contributed by atoms with van der Waals surface area (Å²) in [4.78, 5) is 0. The number of hydrogen-bond donors (Lipinski definition) is 1. The molecule has 0 heterocycles. The van der Waals surface area contributed by atoms with Crippen LogP contribution >= 0.6 is 0 Å². The van der Waals surface area contributed by atoms with Crippen molar-refractivity contribution < 1.29 is 4.74 Å². The average molecular weight is 269 g/mol. The quantitative estimate of drug-likeness (QED) is 0.872. The van der Waals surface area contributed by atoms with Crippen LogP contribution in [0.1, 0.15) is 23.6 Å². The van der Waals surface area contributed by atoms with Gasteiger partial charge < -0.3 is 10.5 Å². The zero-order valence-corrected chi connectivity index (χ0v) is 12.3. The van der Waals surface area contributed by atoms with Crippen molar-refractivity contribution in [2.24, 2.45) is 5.73 Å². The lowest BCUT2D eigenvalue weighted by atomic mass is 9.98. The van der Waals surface area contributed by atoms with Gasteiger partial charge in [0.05, 0.1) is 7.11 Å². The fourth-order valence-electron chi connectivity index (χ4n) is 2.44. The van der Waals surface area contributed by atoms with Crippen molar-refractivity contribution in [3.05, 3.63) is 65.2 Å². The highest BCUT2D eigenvalue weighted by atomic mass is 16.5. The van der Waals surface area contributed by atoms with E-state index in [1.54, 1.807) is 7.11 Å². The fourth-order valence-corrected chi connectivity index (χ4v) is 2.44. The lowest BCUT2D eigenvalue weighted by molar-refractivity contribution is 0.408. The zero-order chi connectivity index (χ0) is 14.4. The van der Waals surface area contributed by atoms with Crippen LogP contribution in [0.3, 0.4) is 0 Å².